The maximum atomic E-state index is 10.6. The van der Waals surface area contributed by atoms with Gasteiger partial charge in [0.05, 0.1) is 18.6 Å². The number of carboxylic acid groups (broad SMARTS) is 1. The zero-order chi connectivity index (χ0) is 18.4. The summed E-state index contributed by atoms with van der Waals surface area (Å²) in [7, 11) is 0. The van der Waals surface area contributed by atoms with E-state index in [2.05, 4.69) is 16.3 Å². The Balaban J connectivity index is 1.83. The van der Waals surface area contributed by atoms with Crippen molar-refractivity contribution >= 4 is 17.6 Å². The molecular weight excluding hydrogens is 332 g/mol. The summed E-state index contributed by atoms with van der Waals surface area (Å²) in [5.41, 5.74) is 1.24. The summed E-state index contributed by atoms with van der Waals surface area (Å²) in [4.78, 5) is 10.6. The van der Waals surface area contributed by atoms with Crippen LogP contribution >= 0.6 is 0 Å². The Morgan fingerprint density at radius 3 is 3.04 bits per heavy atom. The summed E-state index contributed by atoms with van der Waals surface area (Å²) < 4.78 is 7.48. The van der Waals surface area contributed by atoms with Gasteiger partial charge in [-0.25, -0.2) is 0 Å². The number of ether oxygens (including phenoxy) is 1. The highest BCUT2D eigenvalue weighted by atomic mass is 16.5. The van der Waals surface area contributed by atoms with Gasteiger partial charge in [-0.1, -0.05) is 18.6 Å². The van der Waals surface area contributed by atoms with Crippen molar-refractivity contribution in [1.29, 1.82) is 5.26 Å². The normalized spacial score (nSPS) is 14.2. The highest BCUT2D eigenvalue weighted by Crippen LogP contribution is 2.23. The second-order valence-corrected chi connectivity index (χ2v) is 6.14. The largest absolute Gasteiger partial charge is 0.493 e. The molecule has 1 N–H and O–H groups in total. The smallest absolute Gasteiger partial charge is 0.306 e. The van der Waals surface area contributed by atoms with E-state index >= 15 is 0 Å². The lowest BCUT2D eigenvalue weighted by atomic mass is 10.1. The van der Waals surface area contributed by atoms with Crippen LogP contribution in [0.3, 0.4) is 0 Å². The second kappa shape index (κ2) is 8.30. The Bertz CT molecular complexity index is 864. The van der Waals surface area contributed by atoms with Crippen molar-refractivity contribution in [3.8, 4) is 11.8 Å². The zero-order valence-corrected chi connectivity index (χ0v) is 14.4. The molecule has 0 fully saturated rings. The van der Waals surface area contributed by atoms with Crippen LogP contribution < -0.4 is 4.74 Å². The molecule has 0 spiro atoms. The number of hydrogen-bond acceptors (Lipinski definition) is 5. The molecule has 0 aliphatic carbocycles. The van der Waals surface area contributed by atoms with Gasteiger partial charge in [-0.2, -0.15) is 5.26 Å². The number of aryl methyl sites for hydroxylation is 1. The minimum absolute atomic E-state index is 0.0601. The van der Waals surface area contributed by atoms with E-state index in [0.717, 1.165) is 43.6 Å². The summed E-state index contributed by atoms with van der Waals surface area (Å²) in [6.45, 7) is 0.931. The highest BCUT2D eigenvalue weighted by Gasteiger charge is 2.17. The number of nitriles is 1. The van der Waals surface area contributed by atoms with Crippen molar-refractivity contribution in [2.24, 2.45) is 0 Å². The number of aromatic nitrogens is 3. The molecular formula is C19H20N4O3. The van der Waals surface area contributed by atoms with Crippen LogP contribution in [0.15, 0.2) is 24.3 Å². The fourth-order valence-corrected chi connectivity index (χ4v) is 2.95. The van der Waals surface area contributed by atoms with Crippen LogP contribution in [0, 0.1) is 11.3 Å². The van der Waals surface area contributed by atoms with E-state index in [1.165, 1.54) is 0 Å². The van der Waals surface area contributed by atoms with Crippen LogP contribution in [0.1, 0.15) is 42.9 Å². The van der Waals surface area contributed by atoms with Crippen LogP contribution in [0.2, 0.25) is 0 Å². The Kier molecular flexibility index (Phi) is 5.64. The molecule has 1 aliphatic rings. The summed E-state index contributed by atoms with van der Waals surface area (Å²) in [6, 6.07) is 9.42. The van der Waals surface area contributed by atoms with Gasteiger partial charge >= 0.3 is 5.97 Å². The molecule has 0 atom stereocenters. The van der Waals surface area contributed by atoms with E-state index in [4.69, 9.17) is 9.84 Å². The van der Waals surface area contributed by atoms with E-state index in [0.29, 0.717) is 17.1 Å². The molecule has 7 heteroatoms. The lowest BCUT2D eigenvalue weighted by Gasteiger charge is -2.07. The third-order valence-corrected chi connectivity index (χ3v) is 4.22. The number of rotatable bonds is 6. The van der Waals surface area contributed by atoms with Gasteiger partial charge in [0.2, 0.25) is 0 Å². The van der Waals surface area contributed by atoms with Gasteiger partial charge in [0.25, 0.3) is 0 Å². The Morgan fingerprint density at radius 2 is 2.23 bits per heavy atom. The lowest BCUT2D eigenvalue weighted by molar-refractivity contribution is -0.137. The third kappa shape index (κ3) is 4.28. The Morgan fingerprint density at radius 1 is 1.35 bits per heavy atom. The van der Waals surface area contributed by atoms with Crippen molar-refractivity contribution in [2.45, 2.75) is 38.6 Å². The summed E-state index contributed by atoms with van der Waals surface area (Å²) in [6.07, 6.45) is 5.90. The average Bonchev–Trinajstić information content (AvgIpc) is 2.88. The fourth-order valence-electron chi connectivity index (χ4n) is 2.95. The number of allylic oxidation sites excluding steroid dienone is 1. The molecule has 0 saturated heterocycles. The molecule has 134 valence electrons. The molecule has 26 heavy (non-hydrogen) atoms. The molecule has 2 aromatic rings. The average molecular weight is 352 g/mol. The van der Waals surface area contributed by atoms with Gasteiger partial charge in [0, 0.05) is 13.0 Å². The molecule has 0 amide bonds. The van der Waals surface area contributed by atoms with E-state index < -0.39 is 5.97 Å². The van der Waals surface area contributed by atoms with Crippen LogP contribution in [0.4, 0.5) is 0 Å². The Hall–Kier alpha value is -3.14. The number of carbonyl (C=O) groups is 1. The maximum absolute atomic E-state index is 10.6. The SMILES string of the molecule is N#CC(=Cc1cccc(OCCC(=O)O)c1)c1nnc2n1CCCCC2. The van der Waals surface area contributed by atoms with Gasteiger partial charge in [0.1, 0.15) is 17.6 Å². The van der Waals surface area contributed by atoms with Crippen LogP contribution in [0.5, 0.6) is 5.75 Å². The first-order valence-electron chi connectivity index (χ1n) is 8.66. The fraction of sp³-hybridized carbons (Fsp3) is 0.368. The van der Waals surface area contributed by atoms with Gasteiger partial charge in [0.15, 0.2) is 5.82 Å². The number of carboxylic acids is 1. The molecule has 1 aromatic heterocycles. The number of nitrogens with zero attached hydrogens (tertiary/aromatic N) is 4. The molecule has 2 heterocycles. The minimum Gasteiger partial charge on any atom is -0.493 e. The van der Waals surface area contributed by atoms with E-state index in [-0.39, 0.29) is 13.0 Å². The molecule has 1 aliphatic heterocycles. The van der Waals surface area contributed by atoms with E-state index in [1.807, 2.05) is 10.6 Å². The monoisotopic (exact) mass is 352 g/mol. The first kappa shape index (κ1) is 17.7. The number of aliphatic carboxylic acids is 1. The van der Waals surface area contributed by atoms with Crippen molar-refractivity contribution in [3.05, 3.63) is 41.5 Å². The van der Waals surface area contributed by atoms with Gasteiger partial charge < -0.3 is 14.4 Å². The van der Waals surface area contributed by atoms with Crippen LogP contribution in [0.25, 0.3) is 11.6 Å². The molecule has 3 rings (SSSR count). The van der Waals surface area contributed by atoms with Crippen molar-refractivity contribution < 1.29 is 14.6 Å². The predicted molar refractivity (Wildman–Crippen MR) is 95.3 cm³/mol. The third-order valence-electron chi connectivity index (χ3n) is 4.22. The maximum Gasteiger partial charge on any atom is 0.306 e. The standard InChI is InChI=1S/C19H20N4O3/c20-13-15(19-22-21-17-7-2-1-3-9-23(17)19)11-14-5-4-6-16(12-14)26-10-8-18(24)25/h4-6,11-12H,1-3,7-10H2,(H,24,25). The number of hydrogen-bond donors (Lipinski definition) is 1. The van der Waals surface area contributed by atoms with E-state index in [1.54, 1.807) is 24.3 Å². The van der Waals surface area contributed by atoms with E-state index in [9.17, 15) is 10.1 Å². The zero-order valence-electron chi connectivity index (χ0n) is 14.4. The first-order chi connectivity index (χ1) is 12.7. The molecule has 0 bridgehead atoms. The molecule has 0 saturated carbocycles. The lowest BCUT2D eigenvalue weighted by Crippen LogP contribution is -2.05. The van der Waals surface area contributed by atoms with Crippen molar-refractivity contribution in [1.82, 2.24) is 14.8 Å². The summed E-state index contributed by atoms with van der Waals surface area (Å²) >= 11 is 0. The predicted octanol–water partition coefficient (Wildman–Crippen LogP) is 2.92. The van der Waals surface area contributed by atoms with Crippen LogP contribution in [-0.2, 0) is 17.8 Å². The number of benzene rings is 1. The summed E-state index contributed by atoms with van der Waals surface area (Å²) in [5, 5.41) is 26.8. The molecule has 1 aromatic carbocycles. The van der Waals surface area contributed by atoms with Gasteiger partial charge in [-0.15, -0.1) is 10.2 Å². The van der Waals surface area contributed by atoms with Gasteiger partial charge in [-0.3, -0.25) is 4.79 Å². The second-order valence-electron chi connectivity index (χ2n) is 6.14. The summed E-state index contributed by atoms with van der Waals surface area (Å²) in [5.74, 6) is 1.20. The molecule has 0 radical (unpaired) electrons. The van der Waals surface area contributed by atoms with Crippen molar-refractivity contribution in [3.63, 3.8) is 0 Å². The Labute approximate surface area is 151 Å². The topological polar surface area (TPSA) is 101 Å². The van der Waals surface area contributed by atoms with Crippen molar-refractivity contribution in [2.75, 3.05) is 6.61 Å². The van der Waals surface area contributed by atoms with Gasteiger partial charge in [-0.05, 0) is 36.6 Å². The minimum atomic E-state index is -0.902. The quantitative estimate of drug-likeness (QED) is 0.802. The molecule has 0 unspecified atom stereocenters. The number of fused-ring (bicyclic) bond motifs is 1. The first-order valence-corrected chi connectivity index (χ1v) is 8.66. The molecule has 7 nitrogen and oxygen atoms in total. The van der Waals surface area contributed by atoms with Crippen LogP contribution in [-0.4, -0.2) is 32.4 Å². The highest BCUT2D eigenvalue weighted by molar-refractivity contribution is 5.87.